The molecule has 0 fully saturated rings. The van der Waals surface area contributed by atoms with E-state index in [1.807, 2.05) is 37.3 Å². The van der Waals surface area contributed by atoms with Crippen LogP contribution in [0.25, 0.3) is 5.69 Å². The maximum absolute atomic E-state index is 12.4. The fraction of sp³-hybridized carbons (Fsp3) is 0.312. The minimum Gasteiger partial charge on any atom is -0.346 e. The zero-order chi connectivity index (χ0) is 16.5. The van der Waals surface area contributed by atoms with Crippen LogP contribution < -0.4 is 5.32 Å². The number of aromatic nitrogens is 6. The lowest BCUT2D eigenvalue weighted by Gasteiger charge is -2.24. The van der Waals surface area contributed by atoms with Crippen molar-refractivity contribution >= 4 is 5.91 Å². The minimum atomic E-state index is -0.212. The van der Waals surface area contributed by atoms with Crippen LogP contribution in [-0.2, 0) is 13.0 Å². The zero-order valence-corrected chi connectivity index (χ0v) is 13.3. The number of amides is 1. The molecule has 0 saturated carbocycles. The summed E-state index contributed by atoms with van der Waals surface area (Å²) < 4.78 is 2.05. The topological polar surface area (TPSA) is 90.5 Å². The Morgan fingerprint density at radius 2 is 2.08 bits per heavy atom. The summed E-state index contributed by atoms with van der Waals surface area (Å²) in [5, 5.41) is 19.7. The van der Waals surface area contributed by atoms with Gasteiger partial charge in [0.05, 0.1) is 11.9 Å². The van der Waals surface area contributed by atoms with E-state index >= 15 is 0 Å². The Balaban J connectivity index is 1.46. The highest BCUT2D eigenvalue weighted by Gasteiger charge is 2.24. The third-order valence-corrected chi connectivity index (χ3v) is 4.18. The molecule has 122 valence electrons. The average Bonchev–Trinajstić information content (AvgIpc) is 3.24. The fourth-order valence-corrected chi connectivity index (χ4v) is 2.89. The number of aryl methyl sites for hydroxylation is 2. The number of benzene rings is 1. The van der Waals surface area contributed by atoms with Gasteiger partial charge in [0.2, 0.25) is 0 Å². The summed E-state index contributed by atoms with van der Waals surface area (Å²) in [5.74, 6) is 1.64. The van der Waals surface area contributed by atoms with Gasteiger partial charge >= 0.3 is 0 Å². The average molecular weight is 323 g/mol. The summed E-state index contributed by atoms with van der Waals surface area (Å²) in [7, 11) is 0. The van der Waals surface area contributed by atoms with Crippen molar-refractivity contribution < 1.29 is 4.79 Å². The predicted molar refractivity (Wildman–Crippen MR) is 85.7 cm³/mol. The maximum atomic E-state index is 12.4. The fourth-order valence-electron chi connectivity index (χ4n) is 2.89. The molecule has 4 rings (SSSR count). The lowest BCUT2D eigenvalue weighted by atomic mass is 10.1. The van der Waals surface area contributed by atoms with Gasteiger partial charge in [0.15, 0.2) is 5.69 Å². The van der Waals surface area contributed by atoms with Crippen molar-refractivity contribution in [2.75, 3.05) is 0 Å². The quantitative estimate of drug-likeness (QED) is 0.774. The molecular formula is C16H17N7O. The zero-order valence-electron chi connectivity index (χ0n) is 13.3. The second kappa shape index (κ2) is 5.88. The van der Waals surface area contributed by atoms with Gasteiger partial charge in [-0.3, -0.25) is 4.79 Å². The molecule has 3 aromatic rings. The molecule has 24 heavy (non-hydrogen) atoms. The molecule has 8 heteroatoms. The molecule has 1 N–H and O–H groups in total. The third-order valence-electron chi connectivity index (χ3n) is 4.18. The minimum absolute atomic E-state index is 0.0431. The third kappa shape index (κ3) is 2.66. The van der Waals surface area contributed by atoms with Gasteiger partial charge < -0.3 is 9.88 Å². The van der Waals surface area contributed by atoms with E-state index in [9.17, 15) is 4.79 Å². The molecule has 1 aliphatic rings. The van der Waals surface area contributed by atoms with Gasteiger partial charge in [-0.25, -0.2) is 0 Å². The number of carbonyl (C=O) groups is 1. The molecule has 3 heterocycles. The second-order valence-corrected chi connectivity index (χ2v) is 5.84. The van der Waals surface area contributed by atoms with Gasteiger partial charge in [0.1, 0.15) is 11.6 Å². The molecule has 0 bridgehead atoms. The Bertz CT molecular complexity index is 868. The first-order valence-electron chi connectivity index (χ1n) is 7.88. The molecule has 8 nitrogen and oxygen atoms in total. The molecule has 2 aromatic heterocycles. The van der Waals surface area contributed by atoms with Crippen LogP contribution in [-0.4, -0.2) is 41.7 Å². The number of hydrogen-bond acceptors (Lipinski definition) is 5. The highest BCUT2D eigenvalue weighted by Crippen LogP contribution is 2.15. The van der Waals surface area contributed by atoms with Crippen molar-refractivity contribution in [1.29, 1.82) is 0 Å². The van der Waals surface area contributed by atoms with Crippen LogP contribution >= 0.6 is 0 Å². The van der Waals surface area contributed by atoms with Gasteiger partial charge in [-0.1, -0.05) is 18.2 Å². The van der Waals surface area contributed by atoms with E-state index in [0.29, 0.717) is 12.2 Å². The maximum Gasteiger partial charge on any atom is 0.273 e. The molecule has 1 atom stereocenters. The van der Waals surface area contributed by atoms with Crippen molar-refractivity contribution in [3.63, 3.8) is 0 Å². The largest absolute Gasteiger partial charge is 0.346 e. The molecule has 0 radical (unpaired) electrons. The lowest BCUT2D eigenvalue weighted by molar-refractivity contribution is 0.0922. The van der Waals surface area contributed by atoms with Crippen molar-refractivity contribution in [3.8, 4) is 5.69 Å². The number of hydrogen-bond donors (Lipinski definition) is 1. The van der Waals surface area contributed by atoms with Crippen LogP contribution in [0.2, 0.25) is 0 Å². The Morgan fingerprint density at radius 1 is 1.25 bits per heavy atom. The molecule has 0 spiro atoms. The van der Waals surface area contributed by atoms with Crippen molar-refractivity contribution in [2.45, 2.75) is 32.4 Å². The summed E-state index contributed by atoms with van der Waals surface area (Å²) in [5.41, 5.74) is 1.13. The summed E-state index contributed by atoms with van der Waals surface area (Å²) in [6.45, 7) is 2.61. The van der Waals surface area contributed by atoms with Crippen LogP contribution in [0, 0.1) is 6.92 Å². The first-order valence-corrected chi connectivity index (χ1v) is 7.88. The number of rotatable bonds is 3. The van der Waals surface area contributed by atoms with Gasteiger partial charge in [-0.05, 0) is 25.5 Å². The summed E-state index contributed by atoms with van der Waals surface area (Å²) >= 11 is 0. The van der Waals surface area contributed by atoms with E-state index in [2.05, 4.69) is 30.3 Å². The molecule has 1 aliphatic heterocycles. The Labute approximate surface area is 138 Å². The van der Waals surface area contributed by atoms with E-state index < -0.39 is 0 Å². The van der Waals surface area contributed by atoms with Crippen LogP contribution in [0.4, 0.5) is 0 Å². The molecule has 1 unspecified atom stereocenters. The highest BCUT2D eigenvalue weighted by atomic mass is 16.2. The standard InChI is InChI=1S/C16H17N7O/c1-11-19-20-15-8-7-12(10-22(11)15)18-16(24)14-9-17-23(21-14)13-5-3-2-4-6-13/h2-6,9,12H,7-8,10H2,1H3,(H,18,24). The van der Waals surface area contributed by atoms with Crippen LogP contribution in [0.3, 0.4) is 0 Å². The molecule has 0 saturated heterocycles. The van der Waals surface area contributed by atoms with Gasteiger partial charge in [-0.2, -0.15) is 9.90 Å². The van der Waals surface area contributed by atoms with E-state index in [0.717, 1.165) is 30.2 Å². The number of fused-ring (bicyclic) bond motifs is 1. The van der Waals surface area contributed by atoms with Crippen molar-refractivity contribution in [3.05, 3.63) is 53.9 Å². The SMILES string of the molecule is Cc1nnc2n1CC(NC(=O)c1cnn(-c3ccccc3)n1)CC2. The predicted octanol–water partition coefficient (Wildman–Crippen LogP) is 0.912. The summed E-state index contributed by atoms with van der Waals surface area (Å²) in [4.78, 5) is 13.9. The van der Waals surface area contributed by atoms with E-state index in [-0.39, 0.29) is 11.9 Å². The monoisotopic (exact) mass is 323 g/mol. The smallest absolute Gasteiger partial charge is 0.273 e. The van der Waals surface area contributed by atoms with Crippen LogP contribution in [0.15, 0.2) is 36.5 Å². The molecular weight excluding hydrogens is 306 g/mol. The number of nitrogens with one attached hydrogen (secondary N) is 1. The van der Waals surface area contributed by atoms with Gasteiger partial charge in [0, 0.05) is 19.0 Å². The van der Waals surface area contributed by atoms with E-state index in [1.165, 1.54) is 11.0 Å². The molecule has 1 aromatic carbocycles. The number of nitrogens with zero attached hydrogens (tertiary/aromatic N) is 6. The summed E-state index contributed by atoms with van der Waals surface area (Å²) in [6.07, 6.45) is 3.14. The van der Waals surface area contributed by atoms with E-state index in [1.54, 1.807) is 0 Å². The first kappa shape index (κ1) is 14.6. The van der Waals surface area contributed by atoms with Gasteiger partial charge in [0.25, 0.3) is 5.91 Å². The van der Waals surface area contributed by atoms with Crippen LogP contribution in [0.1, 0.15) is 28.6 Å². The number of para-hydroxylation sites is 1. The Morgan fingerprint density at radius 3 is 2.92 bits per heavy atom. The highest BCUT2D eigenvalue weighted by molar-refractivity contribution is 5.92. The van der Waals surface area contributed by atoms with E-state index in [4.69, 9.17) is 0 Å². The van der Waals surface area contributed by atoms with Crippen molar-refractivity contribution in [2.24, 2.45) is 0 Å². The Hall–Kier alpha value is -3.03. The second-order valence-electron chi connectivity index (χ2n) is 5.84. The first-order chi connectivity index (χ1) is 11.7. The molecule has 0 aliphatic carbocycles. The number of carbonyl (C=O) groups excluding carboxylic acids is 1. The van der Waals surface area contributed by atoms with Crippen LogP contribution in [0.5, 0.6) is 0 Å². The normalized spacial score (nSPS) is 16.6. The molecule has 1 amide bonds. The van der Waals surface area contributed by atoms with Crippen molar-refractivity contribution in [1.82, 2.24) is 35.1 Å². The Kier molecular flexibility index (Phi) is 3.56. The van der Waals surface area contributed by atoms with Gasteiger partial charge in [-0.15, -0.1) is 15.3 Å². The lowest BCUT2D eigenvalue weighted by Crippen LogP contribution is -2.41. The summed E-state index contributed by atoms with van der Waals surface area (Å²) in [6, 6.07) is 9.55.